The van der Waals surface area contributed by atoms with Crippen LogP contribution in [0.25, 0.3) is 22.3 Å². The molecule has 1 heterocycles. The van der Waals surface area contributed by atoms with Gasteiger partial charge in [-0.15, -0.1) is 0 Å². The maximum Gasteiger partial charge on any atom is 0.306 e. The molecule has 192 valence electrons. The molecule has 3 aromatic carbocycles. The summed E-state index contributed by atoms with van der Waals surface area (Å²) in [7, 11) is 2.51. The van der Waals surface area contributed by atoms with Gasteiger partial charge in [-0.05, 0) is 35.9 Å². The molecule has 37 heavy (non-hydrogen) atoms. The van der Waals surface area contributed by atoms with Gasteiger partial charge in [0.05, 0.1) is 20.6 Å². The van der Waals surface area contributed by atoms with Gasteiger partial charge in [-0.2, -0.15) is 0 Å². The van der Waals surface area contributed by atoms with E-state index in [4.69, 9.17) is 13.9 Å². The molecule has 0 amide bonds. The normalized spacial score (nSPS) is 11.8. The number of phenols is 5. The van der Waals surface area contributed by atoms with Crippen molar-refractivity contribution in [1.29, 1.82) is 0 Å². The van der Waals surface area contributed by atoms with E-state index in [-0.39, 0.29) is 34.6 Å². The smallest absolute Gasteiger partial charge is 0.306 e. The molecule has 11 heteroatoms. The lowest BCUT2D eigenvalue weighted by atomic mass is 9.86. The highest BCUT2D eigenvalue weighted by Crippen LogP contribution is 2.46. The number of esters is 1. The van der Waals surface area contributed by atoms with E-state index in [1.54, 1.807) is 0 Å². The minimum absolute atomic E-state index is 0.00723. The molecule has 11 nitrogen and oxygen atoms in total. The number of benzene rings is 3. The standard InChI is InChI=1S/C26H22O11/c1-35-19-6-4-11(7-16(19)29)13(9-20(32)36-2)21-17(30)10-18(31)22-23(33)24(34)25(37-26(21)22)12-3-5-14(27)15(28)8-12/h3-8,10,13,27-31,34H,9H2,1-2H3/t13-/m1/s1. The van der Waals surface area contributed by atoms with Crippen LogP contribution in [0.5, 0.6) is 40.2 Å². The fourth-order valence-electron chi connectivity index (χ4n) is 4.10. The molecule has 0 aliphatic rings. The highest BCUT2D eigenvalue weighted by Gasteiger charge is 2.30. The topological polar surface area (TPSA) is 187 Å². The minimum atomic E-state index is -1.07. The molecule has 0 saturated carbocycles. The summed E-state index contributed by atoms with van der Waals surface area (Å²) in [4.78, 5) is 25.5. The Morgan fingerprint density at radius 1 is 0.865 bits per heavy atom. The van der Waals surface area contributed by atoms with Crippen LogP contribution >= 0.6 is 0 Å². The van der Waals surface area contributed by atoms with Gasteiger partial charge in [-0.1, -0.05) is 6.07 Å². The molecule has 0 radical (unpaired) electrons. The molecule has 0 aliphatic heterocycles. The first kappa shape index (κ1) is 25.0. The van der Waals surface area contributed by atoms with Crippen molar-refractivity contribution in [2.24, 2.45) is 0 Å². The molecular formula is C26H22O11. The molecule has 1 aromatic heterocycles. The van der Waals surface area contributed by atoms with Gasteiger partial charge in [0, 0.05) is 23.1 Å². The molecule has 1 atom stereocenters. The molecule has 4 aromatic rings. The molecule has 6 N–H and O–H groups in total. The molecule has 4 rings (SSSR count). The lowest BCUT2D eigenvalue weighted by Crippen LogP contribution is -2.12. The number of methoxy groups -OCH3 is 2. The third-order valence-corrected chi connectivity index (χ3v) is 5.93. The summed E-state index contributed by atoms with van der Waals surface area (Å²) >= 11 is 0. The summed E-state index contributed by atoms with van der Waals surface area (Å²) in [5.74, 6) is -5.51. The van der Waals surface area contributed by atoms with Crippen molar-refractivity contribution in [2.45, 2.75) is 12.3 Å². The highest BCUT2D eigenvalue weighted by molar-refractivity contribution is 5.92. The van der Waals surface area contributed by atoms with Crippen LogP contribution in [0.4, 0.5) is 0 Å². The summed E-state index contributed by atoms with van der Waals surface area (Å²) in [5.41, 5.74) is -1.26. The van der Waals surface area contributed by atoms with Crippen molar-refractivity contribution in [3.05, 3.63) is 63.8 Å². The van der Waals surface area contributed by atoms with Crippen LogP contribution < -0.4 is 10.2 Å². The van der Waals surface area contributed by atoms with Crippen molar-refractivity contribution >= 4 is 16.9 Å². The maximum absolute atomic E-state index is 13.1. The Labute approximate surface area is 208 Å². The van der Waals surface area contributed by atoms with Gasteiger partial charge in [0.1, 0.15) is 22.5 Å². The first-order valence-corrected chi connectivity index (χ1v) is 10.8. The summed E-state index contributed by atoms with van der Waals surface area (Å²) in [5, 5.41) is 61.3. The zero-order chi connectivity index (χ0) is 27.0. The van der Waals surface area contributed by atoms with Crippen molar-refractivity contribution in [3.63, 3.8) is 0 Å². The van der Waals surface area contributed by atoms with Gasteiger partial charge in [0.25, 0.3) is 0 Å². The van der Waals surface area contributed by atoms with E-state index in [0.717, 1.165) is 25.3 Å². The van der Waals surface area contributed by atoms with Gasteiger partial charge in [0.2, 0.25) is 11.2 Å². The van der Waals surface area contributed by atoms with Gasteiger partial charge in [-0.3, -0.25) is 9.59 Å². The van der Waals surface area contributed by atoms with Crippen LogP contribution in [0.3, 0.4) is 0 Å². The van der Waals surface area contributed by atoms with Crippen LogP contribution in [-0.2, 0) is 9.53 Å². The molecule has 0 aliphatic carbocycles. The molecule has 0 spiro atoms. The molecular weight excluding hydrogens is 488 g/mol. The summed E-state index contributed by atoms with van der Waals surface area (Å²) in [6.45, 7) is 0. The predicted molar refractivity (Wildman–Crippen MR) is 129 cm³/mol. The molecule has 0 fully saturated rings. The number of fused-ring (bicyclic) bond motifs is 1. The fraction of sp³-hybridized carbons (Fsp3) is 0.154. The van der Waals surface area contributed by atoms with E-state index in [9.17, 15) is 40.2 Å². The second-order valence-corrected chi connectivity index (χ2v) is 8.11. The highest BCUT2D eigenvalue weighted by atomic mass is 16.5. The Morgan fingerprint density at radius 3 is 2.22 bits per heavy atom. The first-order chi connectivity index (χ1) is 17.6. The Balaban J connectivity index is 2.08. The summed E-state index contributed by atoms with van der Waals surface area (Å²) < 4.78 is 15.7. The molecule has 0 unspecified atom stereocenters. The lowest BCUT2D eigenvalue weighted by molar-refractivity contribution is -0.140. The number of carbonyl (C=O) groups excluding carboxylic acids is 1. The Morgan fingerprint density at radius 2 is 1.59 bits per heavy atom. The van der Waals surface area contributed by atoms with Gasteiger partial charge in [0.15, 0.2) is 28.8 Å². The van der Waals surface area contributed by atoms with Gasteiger partial charge in [-0.25, -0.2) is 0 Å². The zero-order valence-corrected chi connectivity index (χ0v) is 19.6. The number of rotatable bonds is 6. The second kappa shape index (κ2) is 9.53. The largest absolute Gasteiger partial charge is 0.507 e. The Hall–Kier alpha value is -5.06. The fourth-order valence-corrected chi connectivity index (χ4v) is 4.10. The maximum atomic E-state index is 13.1. The number of hydrogen-bond donors (Lipinski definition) is 6. The lowest BCUT2D eigenvalue weighted by Gasteiger charge is -2.21. The molecule has 0 bridgehead atoms. The van der Waals surface area contributed by atoms with Crippen molar-refractivity contribution < 1.29 is 49.3 Å². The van der Waals surface area contributed by atoms with E-state index in [0.29, 0.717) is 5.56 Å². The van der Waals surface area contributed by atoms with Crippen LogP contribution in [-0.4, -0.2) is 50.8 Å². The van der Waals surface area contributed by atoms with Crippen LogP contribution in [0, 0.1) is 0 Å². The number of hydrogen-bond acceptors (Lipinski definition) is 11. The van der Waals surface area contributed by atoms with Crippen LogP contribution in [0.15, 0.2) is 51.7 Å². The zero-order valence-electron chi connectivity index (χ0n) is 19.6. The van der Waals surface area contributed by atoms with E-state index in [1.807, 2.05) is 0 Å². The second-order valence-electron chi connectivity index (χ2n) is 8.11. The molecule has 0 saturated heterocycles. The van der Waals surface area contributed by atoms with E-state index < -0.39 is 57.2 Å². The first-order valence-electron chi connectivity index (χ1n) is 10.8. The average Bonchev–Trinajstić information content (AvgIpc) is 2.86. The van der Waals surface area contributed by atoms with Gasteiger partial charge >= 0.3 is 5.97 Å². The minimum Gasteiger partial charge on any atom is -0.507 e. The predicted octanol–water partition coefficient (Wildman–Crippen LogP) is 3.40. The third-order valence-electron chi connectivity index (χ3n) is 5.93. The average molecular weight is 510 g/mol. The summed E-state index contributed by atoms with van der Waals surface area (Å²) in [6, 6.07) is 8.51. The van der Waals surface area contributed by atoms with Crippen molar-refractivity contribution in [3.8, 4) is 51.6 Å². The van der Waals surface area contributed by atoms with Crippen molar-refractivity contribution in [1.82, 2.24) is 0 Å². The monoisotopic (exact) mass is 510 g/mol. The number of carbonyl (C=O) groups is 1. The Bertz CT molecular complexity index is 1590. The SMILES string of the molecule is COC(=O)C[C@H](c1ccc(OC)c(O)c1)c1c(O)cc(O)c2c(=O)c(O)c(-c3ccc(O)c(O)c3)oc12. The van der Waals surface area contributed by atoms with Crippen LogP contribution in [0.1, 0.15) is 23.5 Å². The number of aromatic hydroxyl groups is 6. The quantitative estimate of drug-likeness (QED) is 0.165. The van der Waals surface area contributed by atoms with E-state index >= 15 is 0 Å². The number of ether oxygens (including phenoxy) is 2. The Kier molecular flexibility index (Phi) is 6.45. The third kappa shape index (κ3) is 4.38. The summed E-state index contributed by atoms with van der Waals surface area (Å²) in [6.07, 6.45) is -0.379. The van der Waals surface area contributed by atoms with E-state index in [2.05, 4.69) is 0 Å². The number of phenolic OH excluding ortho intramolecular Hbond substituents is 5. The van der Waals surface area contributed by atoms with Gasteiger partial charge < -0.3 is 44.5 Å². The van der Waals surface area contributed by atoms with E-state index in [1.165, 1.54) is 31.4 Å². The van der Waals surface area contributed by atoms with Crippen molar-refractivity contribution in [2.75, 3.05) is 14.2 Å². The van der Waals surface area contributed by atoms with Crippen LogP contribution in [0.2, 0.25) is 0 Å².